The Labute approximate surface area is 69.0 Å². The third-order valence-corrected chi connectivity index (χ3v) is 0.949. The molecular formula is C3H8BiS2. The molecule has 6 heavy (non-hydrogen) atoms. The van der Waals surface area contributed by atoms with Crippen molar-refractivity contribution in [2.45, 2.75) is 6.42 Å². The average molecular weight is 317 g/mol. The van der Waals surface area contributed by atoms with Crippen molar-refractivity contribution >= 4 is 51.5 Å². The third kappa shape index (κ3) is 9.13. The van der Waals surface area contributed by atoms with E-state index in [1.165, 1.54) is 0 Å². The van der Waals surface area contributed by atoms with Crippen molar-refractivity contribution in [2.24, 2.45) is 0 Å². The van der Waals surface area contributed by atoms with Gasteiger partial charge in [0.05, 0.1) is 0 Å². The molecule has 0 heterocycles. The second kappa shape index (κ2) is 9.77. The minimum Gasteiger partial charge on any atom is -0.179 e. The maximum atomic E-state index is 3.95. The Morgan fingerprint density at radius 2 is 1.33 bits per heavy atom. The number of thiol groups is 2. The van der Waals surface area contributed by atoms with Crippen LogP contribution >= 0.6 is 25.3 Å². The van der Waals surface area contributed by atoms with Gasteiger partial charge in [-0.3, -0.25) is 0 Å². The summed E-state index contributed by atoms with van der Waals surface area (Å²) in [5.41, 5.74) is 0. The molecule has 0 saturated carbocycles. The van der Waals surface area contributed by atoms with Gasteiger partial charge in [-0.1, -0.05) is 0 Å². The molecule has 0 aromatic rings. The summed E-state index contributed by atoms with van der Waals surface area (Å²) in [4.78, 5) is 0. The largest absolute Gasteiger partial charge is 0.179 e. The van der Waals surface area contributed by atoms with Crippen LogP contribution in [0.3, 0.4) is 0 Å². The zero-order chi connectivity index (χ0) is 4.12. The van der Waals surface area contributed by atoms with E-state index in [-0.39, 0.29) is 26.2 Å². The fourth-order valence-corrected chi connectivity index (χ4v) is 0.636. The van der Waals surface area contributed by atoms with Crippen molar-refractivity contribution in [2.75, 3.05) is 11.5 Å². The normalized spacial score (nSPS) is 7.00. The smallest absolute Gasteiger partial charge is 0 e. The fourth-order valence-electron chi connectivity index (χ4n) is 0.0707. The van der Waals surface area contributed by atoms with Gasteiger partial charge in [0.2, 0.25) is 0 Å². The summed E-state index contributed by atoms with van der Waals surface area (Å²) in [5.74, 6) is 1.92. The maximum absolute atomic E-state index is 3.95. The van der Waals surface area contributed by atoms with Crippen molar-refractivity contribution in [1.82, 2.24) is 0 Å². The second-order valence-corrected chi connectivity index (χ2v) is 1.70. The van der Waals surface area contributed by atoms with Crippen molar-refractivity contribution in [1.29, 1.82) is 0 Å². The molecule has 37 valence electrons. The quantitative estimate of drug-likeness (QED) is 0.548. The van der Waals surface area contributed by atoms with E-state index in [2.05, 4.69) is 25.3 Å². The van der Waals surface area contributed by atoms with Gasteiger partial charge in [-0.05, 0) is 17.9 Å². The van der Waals surface area contributed by atoms with Gasteiger partial charge in [0.1, 0.15) is 0 Å². The molecule has 0 bridgehead atoms. The molecule has 0 spiro atoms. The van der Waals surface area contributed by atoms with Gasteiger partial charge in [0, 0.05) is 26.2 Å². The van der Waals surface area contributed by atoms with Crippen LogP contribution in [0.4, 0.5) is 0 Å². The van der Waals surface area contributed by atoms with E-state index in [1.54, 1.807) is 0 Å². The molecule has 0 unspecified atom stereocenters. The Bertz CT molecular complexity index is 16.3. The summed E-state index contributed by atoms with van der Waals surface area (Å²) in [6.07, 6.45) is 1.12. The topological polar surface area (TPSA) is 0 Å². The van der Waals surface area contributed by atoms with Crippen LogP contribution in [0.1, 0.15) is 6.42 Å². The predicted octanol–water partition coefficient (Wildman–Crippen LogP) is 0.855. The van der Waals surface area contributed by atoms with Crippen LogP contribution in [-0.2, 0) is 0 Å². The Morgan fingerprint density at radius 3 is 1.33 bits per heavy atom. The number of hydrogen-bond donors (Lipinski definition) is 2. The van der Waals surface area contributed by atoms with E-state index in [0.29, 0.717) is 0 Å². The molecule has 0 fully saturated rings. The van der Waals surface area contributed by atoms with Gasteiger partial charge in [0.15, 0.2) is 0 Å². The van der Waals surface area contributed by atoms with Gasteiger partial charge < -0.3 is 0 Å². The first-order valence-corrected chi connectivity index (χ1v) is 2.90. The minimum absolute atomic E-state index is 0. The van der Waals surface area contributed by atoms with E-state index >= 15 is 0 Å². The summed E-state index contributed by atoms with van der Waals surface area (Å²) in [6, 6.07) is 0. The molecule has 3 radical (unpaired) electrons. The molecule has 0 saturated heterocycles. The van der Waals surface area contributed by atoms with Crippen LogP contribution < -0.4 is 0 Å². The Morgan fingerprint density at radius 1 is 1.00 bits per heavy atom. The maximum Gasteiger partial charge on any atom is 0 e. The number of rotatable bonds is 2. The van der Waals surface area contributed by atoms with Crippen molar-refractivity contribution < 1.29 is 0 Å². The summed E-state index contributed by atoms with van der Waals surface area (Å²) in [5, 5.41) is 0. The minimum atomic E-state index is 0. The summed E-state index contributed by atoms with van der Waals surface area (Å²) in [7, 11) is 0. The second-order valence-electron chi connectivity index (χ2n) is 0.801. The van der Waals surface area contributed by atoms with Crippen LogP contribution in [0.2, 0.25) is 0 Å². The number of hydrogen-bond acceptors (Lipinski definition) is 2. The SMILES string of the molecule is SCCCS.[Bi]. The fraction of sp³-hybridized carbons (Fsp3) is 1.00. The first kappa shape index (κ1) is 10.5. The molecule has 0 rings (SSSR count). The van der Waals surface area contributed by atoms with E-state index in [4.69, 9.17) is 0 Å². The van der Waals surface area contributed by atoms with Gasteiger partial charge in [0.25, 0.3) is 0 Å². The van der Waals surface area contributed by atoms with E-state index < -0.39 is 0 Å². The van der Waals surface area contributed by atoms with Crippen molar-refractivity contribution in [3.05, 3.63) is 0 Å². The summed E-state index contributed by atoms with van der Waals surface area (Å²) in [6.45, 7) is 0. The molecule has 0 aliphatic heterocycles. The molecular weight excluding hydrogens is 309 g/mol. The van der Waals surface area contributed by atoms with Crippen molar-refractivity contribution in [3.8, 4) is 0 Å². The monoisotopic (exact) mass is 317 g/mol. The van der Waals surface area contributed by atoms with Crippen molar-refractivity contribution in [3.63, 3.8) is 0 Å². The zero-order valence-corrected chi connectivity index (χ0v) is 8.73. The molecule has 0 aliphatic rings. The van der Waals surface area contributed by atoms with Crippen LogP contribution in [-0.4, -0.2) is 37.7 Å². The predicted molar refractivity (Wildman–Crippen MR) is 38.1 cm³/mol. The Kier molecular flexibility index (Phi) is 17.2. The average Bonchev–Trinajstić information content (AvgIpc) is 1.41. The molecule has 0 atom stereocenters. The summed E-state index contributed by atoms with van der Waals surface area (Å²) < 4.78 is 0. The first-order valence-electron chi connectivity index (χ1n) is 1.63. The molecule has 0 nitrogen and oxygen atoms in total. The van der Waals surface area contributed by atoms with Crippen LogP contribution in [0.25, 0.3) is 0 Å². The van der Waals surface area contributed by atoms with Gasteiger partial charge in [-0.2, -0.15) is 25.3 Å². The van der Waals surface area contributed by atoms with Gasteiger partial charge >= 0.3 is 0 Å². The summed E-state index contributed by atoms with van der Waals surface area (Å²) >= 11 is 7.90. The Balaban J connectivity index is 0. The molecule has 0 N–H and O–H groups in total. The standard InChI is InChI=1S/C3H8S2.Bi/c4-2-1-3-5;/h4-5H,1-3H2;. The first-order chi connectivity index (χ1) is 2.41. The zero-order valence-electron chi connectivity index (χ0n) is 3.46. The van der Waals surface area contributed by atoms with Crippen LogP contribution in [0, 0.1) is 0 Å². The van der Waals surface area contributed by atoms with Crippen LogP contribution in [0.15, 0.2) is 0 Å². The Hall–Kier alpha value is 1.58. The molecule has 0 amide bonds. The van der Waals surface area contributed by atoms with Gasteiger partial charge in [-0.25, -0.2) is 0 Å². The molecule has 0 aromatic carbocycles. The van der Waals surface area contributed by atoms with Crippen LogP contribution in [0.5, 0.6) is 0 Å². The van der Waals surface area contributed by atoms with E-state index in [9.17, 15) is 0 Å². The molecule has 3 heteroatoms. The van der Waals surface area contributed by atoms with E-state index in [1.807, 2.05) is 0 Å². The molecule has 0 aliphatic carbocycles. The third-order valence-electron chi connectivity index (χ3n) is 0.316. The van der Waals surface area contributed by atoms with Gasteiger partial charge in [-0.15, -0.1) is 0 Å². The molecule has 0 aromatic heterocycles. The van der Waals surface area contributed by atoms with E-state index in [0.717, 1.165) is 17.9 Å².